The second kappa shape index (κ2) is 14.0. The van der Waals surface area contributed by atoms with Crippen LogP contribution in [0.1, 0.15) is 54.9 Å². The molecule has 1 aliphatic heterocycles. The first-order valence-electron chi connectivity index (χ1n) is 15.5. The Balaban J connectivity index is 1.51. The van der Waals surface area contributed by atoms with E-state index in [2.05, 4.69) is 20.6 Å². The summed E-state index contributed by atoms with van der Waals surface area (Å²) < 4.78 is 51.0. The van der Waals surface area contributed by atoms with Crippen LogP contribution in [0.25, 0.3) is 11.4 Å². The minimum Gasteiger partial charge on any atom is -0.497 e. The third kappa shape index (κ3) is 7.28. The van der Waals surface area contributed by atoms with Gasteiger partial charge < -0.3 is 34.5 Å². The molecule has 2 amide bonds. The van der Waals surface area contributed by atoms with Gasteiger partial charge in [0.25, 0.3) is 5.91 Å². The summed E-state index contributed by atoms with van der Waals surface area (Å²) in [4.78, 5) is 49.8. The number of rotatable bonds is 10. The number of esters is 1. The first-order valence-corrected chi connectivity index (χ1v) is 15.5. The predicted molar refractivity (Wildman–Crippen MR) is 179 cm³/mol. The van der Waals surface area contributed by atoms with Crippen molar-refractivity contribution in [3.63, 3.8) is 0 Å². The molecule has 1 unspecified atom stereocenters. The Labute approximate surface area is 287 Å². The van der Waals surface area contributed by atoms with Crippen LogP contribution in [0, 0.1) is 11.6 Å². The van der Waals surface area contributed by atoms with Crippen LogP contribution in [0.5, 0.6) is 11.5 Å². The zero-order chi connectivity index (χ0) is 36.4. The SMILES string of the molecule is COC(=O)C(C)(NC(=O)OC(C)(C)C)c1ccc(Nc2nc(-c3c(F)cccc3F)nc3c2C(=O)N(Cc2ccc(OC)cc2OC)C3)cc1. The molecule has 0 fully saturated rings. The number of alkyl carbamates (subject to hydrolysis) is 1. The Morgan fingerprint density at radius 3 is 2.18 bits per heavy atom. The topological polar surface area (TPSA) is 141 Å². The third-order valence-corrected chi connectivity index (χ3v) is 7.94. The van der Waals surface area contributed by atoms with Crippen molar-refractivity contribution in [2.75, 3.05) is 26.6 Å². The number of ether oxygens (including phenoxy) is 4. The minimum atomic E-state index is -1.62. The lowest BCUT2D eigenvalue weighted by atomic mass is 9.92. The molecule has 0 saturated carbocycles. The number of benzene rings is 3. The molecular weight excluding hydrogens is 652 g/mol. The highest BCUT2D eigenvalue weighted by molar-refractivity contribution is 6.03. The molecule has 12 nitrogen and oxygen atoms in total. The van der Waals surface area contributed by atoms with Gasteiger partial charge in [-0.05, 0) is 69.7 Å². The van der Waals surface area contributed by atoms with E-state index in [4.69, 9.17) is 18.9 Å². The van der Waals surface area contributed by atoms with Crippen molar-refractivity contribution < 1.29 is 42.1 Å². The summed E-state index contributed by atoms with van der Waals surface area (Å²) in [6.07, 6.45) is -0.826. The average molecular weight is 690 g/mol. The number of halogens is 2. The summed E-state index contributed by atoms with van der Waals surface area (Å²) in [5.74, 6) is -2.06. The van der Waals surface area contributed by atoms with Crippen molar-refractivity contribution >= 4 is 29.5 Å². The van der Waals surface area contributed by atoms with Crippen LogP contribution >= 0.6 is 0 Å². The summed E-state index contributed by atoms with van der Waals surface area (Å²) in [7, 11) is 4.24. The predicted octanol–water partition coefficient (Wildman–Crippen LogP) is 6.25. The largest absolute Gasteiger partial charge is 0.497 e. The normalized spacial score (nSPS) is 13.6. The number of fused-ring (bicyclic) bond motifs is 1. The van der Waals surface area contributed by atoms with Crippen molar-refractivity contribution in [3.05, 3.63) is 94.7 Å². The lowest BCUT2D eigenvalue weighted by Crippen LogP contribution is -2.51. The van der Waals surface area contributed by atoms with Crippen LogP contribution in [-0.2, 0) is 32.9 Å². The Bertz CT molecular complexity index is 1930. The monoisotopic (exact) mass is 689 g/mol. The van der Waals surface area contributed by atoms with Crippen molar-refractivity contribution in [2.45, 2.75) is 51.9 Å². The molecule has 0 bridgehead atoms. The average Bonchev–Trinajstić information content (AvgIpc) is 3.38. The highest BCUT2D eigenvalue weighted by atomic mass is 19.1. The number of carbonyl (C=O) groups is 3. The number of nitrogens with zero attached hydrogens (tertiary/aromatic N) is 3. The standard InChI is InChI=1S/C36H37F2N5O7/c1-35(2,3)50-34(46)42-36(4,33(45)49-7)21-12-14-22(15-13-21)39-31-29-26(40-30(41-31)28-24(37)9-8-10-25(28)38)19-43(32(29)44)18-20-11-16-23(47-5)17-27(20)48-6/h8-17H,18-19H2,1-7H3,(H,42,46)(H,39,40,41). The first-order chi connectivity index (χ1) is 23.7. The molecule has 3 aromatic carbocycles. The fourth-order valence-electron chi connectivity index (χ4n) is 5.46. The van der Waals surface area contributed by atoms with E-state index >= 15 is 0 Å². The summed E-state index contributed by atoms with van der Waals surface area (Å²) in [5, 5.41) is 5.67. The fraction of sp³-hybridized carbons (Fsp3) is 0.306. The van der Waals surface area contributed by atoms with Crippen LogP contribution in [-0.4, -0.2) is 59.8 Å². The van der Waals surface area contributed by atoms with E-state index in [0.29, 0.717) is 28.3 Å². The Kier molecular flexibility index (Phi) is 9.93. The van der Waals surface area contributed by atoms with Gasteiger partial charge in [-0.25, -0.2) is 28.3 Å². The fourth-order valence-corrected chi connectivity index (χ4v) is 5.46. The zero-order valence-corrected chi connectivity index (χ0v) is 28.6. The number of anilines is 2. The van der Waals surface area contributed by atoms with Gasteiger partial charge in [-0.3, -0.25) is 4.79 Å². The number of hydrogen-bond donors (Lipinski definition) is 2. The number of carbonyl (C=O) groups excluding carboxylic acids is 3. The molecule has 14 heteroatoms. The summed E-state index contributed by atoms with van der Waals surface area (Å²) >= 11 is 0. The van der Waals surface area contributed by atoms with Crippen molar-refractivity contribution in [3.8, 4) is 22.9 Å². The maximum Gasteiger partial charge on any atom is 0.408 e. The number of hydrogen-bond acceptors (Lipinski definition) is 10. The lowest BCUT2D eigenvalue weighted by molar-refractivity contribution is -0.148. The number of aromatic nitrogens is 2. The Morgan fingerprint density at radius 1 is 0.900 bits per heavy atom. The maximum atomic E-state index is 14.9. The maximum absolute atomic E-state index is 14.9. The van der Waals surface area contributed by atoms with Crippen LogP contribution in [0.2, 0.25) is 0 Å². The van der Waals surface area contributed by atoms with Crippen LogP contribution in [0.4, 0.5) is 25.1 Å². The lowest BCUT2D eigenvalue weighted by Gasteiger charge is -2.30. The quantitative estimate of drug-likeness (QED) is 0.184. The molecule has 262 valence electrons. The number of nitrogens with one attached hydrogen (secondary N) is 2. The van der Waals surface area contributed by atoms with Crippen molar-refractivity contribution in [1.29, 1.82) is 0 Å². The van der Waals surface area contributed by atoms with Gasteiger partial charge in [-0.15, -0.1) is 0 Å². The Hall–Kier alpha value is -5.79. The molecule has 0 saturated heterocycles. The molecule has 4 aromatic rings. The van der Waals surface area contributed by atoms with Crippen molar-refractivity contribution in [2.24, 2.45) is 0 Å². The molecule has 50 heavy (non-hydrogen) atoms. The van der Waals surface area contributed by atoms with Gasteiger partial charge in [0.2, 0.25) is 0 Å². The second-order valence-electron chi connectivity index (χ2n) is 12.6. The van der Waals surface area contributed by atoms with E-state index in [9.17, 15) is 23.2 Å². The van der Waals surface area contributed by atoms with E-state index in [1.807, 2.05) is 0 Å². The van der Waals surface area contributed by atoms with Gasteiger partial charge in [0, 0.05) is 17.3 Å². The highest BCUT2D eigenvalue weighted by Crippen LogP contribution is 2.36. The summed E-state index contributed by atoms with van der Waals surface area (Å²) in [6, 6.07) is 15.0. The van der Waals surface area contributed by atoms with Gasteiger partial charge in [-0.2, -0.15) is 0 Å². The van der Waals surface area contributed by atoms with Crippen LogP contribution < -0.4 is 20.1 Å². The molecule has 0 spiro atoms. The molecule has 2 heterocycles. The minimum absolute atomic E-state index is 0.0113. The molecule has 2 N–H and O–H groups in total. The van der Waals surface area contributed by atoms with E-state index in [1.54, 1.807) is 63.2 Å². The van der Waals surface area contributed by atoms with Gasteiger partial charge in [0.15, 0.2) is 11.4 Å². The zero-order valence-electron chi connectivity index (χ0n) is 28.6. The van der Waals surface area contributed by atoms with Gasteiger partial charge in [0.05, 0.1) is 45.7 Å². The molecule has 1 aliphatic rings. The third-order valence-electron chi connectivity index (χ3n) is 7.94. The molecule has 0 radical (unpaired) electrons. The van der Waals surface area contributed by atoms with Crippen LogP contribution in [0.15, 0.2) is 60.7 Å². The van der Waals surface area contributed by atoms with E-state index in [-0.39, 0.29) is 36.0 Å². The molecule has 5 rings (SSSR count). The highest BCUT2D eigenvalue weighted by Gasteiger charge is 2.40. The molecular formula is C36H37F2N5O7. The van der Waals surface area contributed by atoms with E-state index < -0.39 is 46.3 Å². The molecule has 1 atom stereocenters. The van der Waals surface area contributed by atoms with Crippen LogP contribution in [0.3, 0.4) is 0 Å². The first kappa shape index (κ1) is 35.5. The van der Waals surface area contributed by atoms with E-state index in [1.165, 1.54) is 39.2 Å². The smallest absolute Gasteiger partial charge is 0.408 e. The van der Waals surface area contributed by atoms with Gasteiger partial charge in [-0.1, -0.05) is 18.2 Å². The number of methoxy groups -OCH3 is 3. The Morgan fingerprint density at radius 2 is 1.58 bits per heavy atom. The van der Waals surface area contributed by atoms with Crippen molar-refractivity contribution in [1.82, 2.24) is 20.2 Å². The summed E-state index contributed by atoms with van der Waals surface area (Å²) in [6.45, 7) is 6.71. The second-order valence-corrected chi connectivity index (χ2v) is 12.6. The van der Waals surface area contributed by atoms with Gasteiger partial charge in [0.1, 0.15) is 40.1 Å². The molecule has 0 aliphatic carbocycles. The van der Waals surface area contributed by atoms with Gasteiger partial charge >= 0.3 is 12.1 Å². The number of amides is 2. The van der Waals surface area contributed by atoms with E-state index in [0.717, 1.165) is 12.1 Å². The molecule has 1 aromatic heterocycles. The summed E-state index contributed by atoms with van der Waals surface area (Å²) in [5.41, 5.74) is -1.05.